The van der Waals surface area contributed by atoms with Crippen molar-refractivity contribution in [2.75, 3.05) is 13.6 Å². The van der Waals surface area contributed by atoms with Crippen LogP contribution in [0.3, 0.4) is 0 Å². The van der Waals surface area contributed by atoms with Crippen LogP contribution in [0.1, 0.15) is 17.4 Å². The maximum Gasteiger partial charge on any atom is 0.270 e. The topological polar surface area (TPSA) is 68.3 Å². The minimum atomic E-state index is -0.519. The normalized spacial score (nSPS) is 10.6. The SMILES string of the molecule is CCn1c(C(=O)N(C)CC(N)=O)cc2ccccc21. The van der Waals surface area contributed by atoms with Gasteiger partial charge in [0.1, 0.15) is 5.69 Å². The van der Waals surface area contributed by atoms with Gasteiger partial charge >= 0.3 is 0 Å². The van der Waals surface area contributed by atoms with Crippen LogP contribution in [0.5, 0.6) is 0 Å². The van der Waals surface area contributed by atoms with Crippen molar-refractivity contribution in [3.05, 3.63) is 36.0 Å². The molecule has 0 aliphatic carbocycles. The van der Waals surface area contributed by atoms with Gasteiger partial charge in [0, 0.05) is 24.5 Å². The molecule has 0 unspecified atom stereocenters. The number of hydrogen-bond acceptors (Lipinski definition) is 2. The predicted molar refractivity (Wildman–Crippen MR) is 73.8 cm³/mol. The Bertz CT molecular complexity index is 631. The lowest BCUT2D eigenvalue weighted by molar-refractivity contribution is -0.118. The molecule has 0 fully saturated rings. The molecule has 2 rings (SSSR count). The highest BCUT2D eigenvalue weighted by atomic mass is 16.2. The van der Waals surface area contributed by atoms with Gasteiger partial charge in [0.2, 0.25) is 5.91 Å². The Hall–Kier alpha value is -2.30. The minimum Gasteiger partial charge on any atom is -0.368 e. The monoisotopic (exact) mass is 259 g/mol. The van der Waals surface area contributed by atoms with Gasteiger partial charge in [-0.3, -0.25) is 9.59 Å². The van der Waals surface area contributed by atoms with Crippen molar-refractivity contribution in [3.8, 4) is 0 Å². The number of amides is 2. The largest absolute Gasteiger partial charge is 0.368 e. The highest BCUT2D eigenvalue weighted by Crippen LogP contribution is 2.20. The number of carbonyl (C=O) groups excluding carboxylic acids is 2. The van der Waals surface area contributed by atoms with E-state index in [0.717, 1.165) is 10.9 Å². The average molecular weight is 259 g/mol. The van der Waals surface area contributed by atoms with Crippen molar-refractivity contribution in [2.45, 2.75) is 13.5 Å². The van der Waals surface area contributed by atoms with E-state index in [1.807, 2.05) is 41.8 Å². The first-order chi connectivity index (χ1) is 9.04. The number of aryl methyl sites for hydroxylation is 1. The molecule has 0 atom stereocenters. The van der Waals surface area contributed by atoms with E-state index in [0.29, 0.717) is 12.2 Å². The molecule has 0 saturated carbocycles. The molecule has 5 heteroatoms. The lowest BCUT2D eigenvalue weighted by Gasteiger charge is -2.16. The third-order valence-corrected chi connectivity index (χ3v) is 3.09. The van der Waals surface area contributed by atoms with Gasteiger partial charge in [0.25, 0.3) is 5.91 Å². The number of rotatable bonds is 4. The third kappa shape index (κ3) is 2.45. The number of aromatic nitrogens is 1. The van der Waals surface area contributed by atoms with E-state index in [-0.39, 0.29) is 12.5 Å². The number of para-hydroxylation sites is 1. The van der Waals surface area contributed by atoms with Crippen LogP contribution in [-0.2, 0) is 11.3 Å². The van der Waals surface area contributed by atoms with E-state index in [4.69, 9.17) is 5.73 Å². The molecule has 0 saturated heterocycles. The zero-order chi connectivity index (χ0) is 14.0. The van der Waals surface area contributed by atoms with E-state index in [2.05, 4.69) is 0 Å². The van der Waals surface area contributed by atoms with E-state index in [9.17, 15) is 9.59 Å². The molecule has 1 aromatic heterocycles. The van der Waals surface area contributed by atoms with Crippen LogP contribution in [0.2, 0.25) is 0 Å². The quantitative estimate of drug-likeness (QED) is 0.897. The van der Waals surface area contributed by atoms with Crippen molar-refractivity contribution in [2.24, 2.45) is 5.73 Å². The number of nitrogens with zero attached hydrogens (tertiary/aromatic N) is 2. The van der Waals surface area contributed by atoms with Crippen LogP contribution in [0, 0.1) is 0 Å². The molecule has 2 amide bonds. The number of hydrogen-bond donors (Lipinski definition) is 1. The summed E-state index contributed by atoms with van der Waals surface area (Å²) < 4.78 is 1.94. The second kappa shape index (κ2) is 5.14. The number of benzene rings is 1. The van der Waals surface area contributed by atoms with Gasteiger partial charge in [0.15, 0.2) is 0 Å². The van der Waals surface area contributed by atoms with Crippen molar-refractivity contribution in [3.63, 3.8) is 0 Å². The van der Waals surface area contributed by atoms with Crippen LogP contribution < -0.4 is 5.73 Å². The van der Waals surface area contributed by atoms with E-state index >= 15 is 0 Å². The van der Waals surface area contributed by atoms with E-state index in [1.54, 1.807) is 7.05 Å². The minimum absolute atomic E-state index is 0.0793. The van der Waals surface area contributed by atoms with Crippen LogP contribution in [-0.4, -0.2) is 34.9 Å². The zero-order valence-electron chi connectivity index (χ0n) is 11.1. The Morgan fingerprint density at radius 2 is 2.00 bits per heavy atom. The summed E-state index contributed by atoms with van der Waals surface area (Å²) in [7, 11) is 1.57. The molecule has 5 nitrogen and oxygen atoms in total. The average Bonchev–Trinajstić information content (AvgIpc) is 2.75. The summed E-state index contributed by atoms with van der Waals surface area (Å²) in [6.07, 6.45) is 0. The maximum absolute atomic E-state index is 12.3. The molecule has 19 heavy (non-hydrogen) atoms. The zero-order valence-corrected chi connectivity index (χ0v) is 11.1. The first-order valence-electron chi connectivity index (χ1n) is 6.16. The summed E-state index contributed by atoms with van der Waals surface area (Å²) in [4.78, 5) is 24.6. The molecule has 1 aromatic carbocycles. The number of likely N-dealkylation sites (N-methyl/N-ethyl adjacent to an activating group) is 1. The van der Waals surface area contributed by atoms with Gasteiger partial charge in [0.05, 0.1) is 6.54 Å². The fourth-order valence-electron chi connectivity index (χ4n) is 2.23. The molecule has 0 spiro atoms. The molecule has 0 aliphatic heterocycles. The first-order valence-corrected chi connectivity index (χ1v) is 6.16. The second-order valence-corrected chi connectivity index (χ2v) is 4.46. The molecule has 1 heterocycles. The van der Waals surface area contributed by atoms with E-state index < -0.39 is 5.91 Å². The molecule has 0 bridgehead atoms. The molecule has 100 valence electrons. The van der Waals surface area contributed by atoms with Crippen molar-refractivity contribution < 1.29 is 9.59 Å². The Morgan fingerprint density at radius 3 is 2.63 bits per heavy atom. The Labute approximate surface area is 111 Å². The van der Waals surface area contributed by atoms with Crippen molar-refractivity contribution in [1.29, 1.82) is 0 Å². The fourth-order valence-corrected chi connectivity index (χ4v) is 2.23. The predicted octanol–water partition coefficient (Wildman–Crippen LogP) is 1.22. The molecule has 0 radical (unpaired) electrons. The van der Waals surface area contributed by atoms with Gasteiger partial charge in [-0.25, -0.2) is 0 Å². The van der Waals surface area contributed by atoms with Gasteiger partial charge < -0.3 is 15.2 Å². The smallest absolute Gasteiger partial charge is 0.270 e. The number of primary amides is 1. The summed E-state index contributed by atoms with van der Waals surface area (Å²) in [6, 6.07) is 9.66. The third-order valence-electron chi connectivity index (χ3n) is 3.09. The highest BCUT2D eigenvalue weighted by molar-refractivity contribution is 5.99. The highest BCUT2D eigenvalue weighted by Gasteiger charge is 2.19. The van der Waals surface area contributed by atoms with Crippen LogP contribution in [0.15, 0.2) is 30.3 Å². The van der Waals surface area contributed by atoms with Gasteiger partial charge in [-0.2, -0.15) is 0 Å². The number of carbonyl (C=O) groups is 2. The Morgan fingerprint density at radius 1 is 1.32 bits per heavy atom. The lowest BCUT2D eigenvalue weighted by atomic mass is 10.2. The van der Waals surface area contributed by atoms with Crippen LogP contribution >= 0.6 is 0 Å². The summed E-state index contributed by atoms with van der Waals surface area (Å²) in [5.74, 6) is -0.716. The number of nitrogens with two attached hydrogens (primary N) is 1. The summed E-state index contributed by atoms with van der Waals surface area (Å²) in [5.41, 5.74) is 6.71. The van der Waals surface area contributed by atoms with Crippen molar-refractivity contribution >= 4 is 22.7 Å². The summed E-state index contributed by atoms with van der Waals surface area (Å²) in [6.45, 7) is 2.60. The standard InChI is InChI=1S/C14H17N3O2/c1-3-17-11-7-5-4-6-10(11)8-12(17)14(19)16(2)9-13(15)18/h4-8H,3,9H2,1-2H3,(H2,15,18). The van der Waals surface area contributed by atoms with E-state index in [1.165, 1.54) is 4.90 Å². The Kier molecular flexibility index (Phi) is 3.55. The molecule has 0 aliphatic rings. The maximum atomic E-state index is 12.3. The summed E-state index contributed by atoms with van der Waals surface area (Å²) >= 11 is 0. The van der Waals surface area contributed by atoms with Gasteiger partial charge in [-0.15, -0.1) is 0 Å². The molecule has 2 N–H and O–H groups in total. The lowest BCUT2D eigenvalue weighted by Crippen LogP contribution is -2.36. The second-order valence-electron chi connectivity index (χ2n) is 4.46. The summed E-state index contributed by atoms with van der Waals surface area (Å²) in [5, 5.41) is 1.01. The van der Waals surface area contributed by atoms with Crippen LogP contribution in [0.25, 0.3) is 10.9 Å². The molecule has 2 aromatic rings. The van der Waals surface area contributed by atoms with Gasteiger partial charge in [-0.05, 0) is 19.1 Å². The molecular weight excluding hydrogens is 242 g/mol. The fraction of sp³-hybridized carbons (Fsp3) is 0.286. The Balaban J connectivity index is 2.44. The molecular formula is C14H17N3O2. The van der Waals surface area contributed by atoms with Gasteiger partial charge in [-0.1, -0.05) is 18.2 Å². The first kappa shape index (κ1) is 13.1. The van der Waals surface area contributed by atoms with Crippen molar-refractivity contribution in [1.82, 2.24) is 9.47 Å². The number of fused-ring (bicyclic) bond motifs is 1. The van der Waals surface area contributed by atoms with Crippen LogP contribution in [0.4, 0.5) is 0 Å².